The fourth-order valence-corrected chi connectivity index (χ4v) is 2.54. The second-order valence-corrected chi connectivity index (χ2v) is 5.39. The number of carbonyl (C=O) groups is 1. The SMILES string of the molecule is NC(=O)[C@@H]1C[C@@H](O)CN1CCCOc1ccc(Cl)cc1. The number of aliphatic hydroxyl groups is 1. The van der Waals surface area contributed by atoms with Crippen LogP contribution in [-0.4, -0.2) is 47.8 Å². The molecule has 1 aromatic carbocycles. The average Bonchev–Trinajstić information content (AvgIpc) is 2.78. The third-order valence-electron chi connectivity index (χ3n) is 3.38. The number of benzene rings is 1. The Morgan fingerprint density at radius 2 is 2.15 bits per heavy atom. The molecule has 1 aromatic rings. The number of carbonyl (C=O) groups excluding carboxylic acids is 1. The molecule has 2 atom stereocenters. The van der Waals surface area contributed by atoms with Gasteiger partial charge in [0.2, 0.25) is 5.91 Å². The highest BCUT2D eigenvalue weighted by Gasteiger charge is 2.33. The number of halogens is 1. The van der Waals surface area contributed by atoms with Crippen LogP contribution in [0.15, 0.2) is 24.3 Å². The van der Waals surface area contributed by atoms with E-state index in [1.807, 2.05) is 17.0 Å². The Kier molecular flexibility index (Phi) is 5.23. The minimum atomic E-state index is -0.468. The van der Waals surface area contributed by atoms with Gasteiger partial charge >= 0.3 is 0 Å². The van der Waals surface area contributed by atoms with E-state index in [4.69, 9.17) is 22.1 Å². The summed E-state index contributed by atoms with van der Waals surface area (Å²) in [6.07, 6.45) is 0.719. The lowest BCUT2D eigenvalue weighted by Gasteiger charge is -2.21. The number of hydrogen-bond acceptors (Lipinski definition) is 4. The normalized spacial score (nSPS) is 22.9. The van der Waals surface area contributed by atoms with Gasteiger partial charge in [-0.3, -0.25) is 9.69 Å². The van der Waals surface area contributed by atoms with Crippen LogP contribution in [0.25, 0.3) is 0 Å². The lowest BCUT2D eigenvalue weighted by molar-refractivity contribution is -0.122. The zero-order valence-corrected chi connectivity index (χ0v) is 11.9. The topological polar surface area (TPSA) is 75.8 Å². The number of amides is 1. The number of β-amino-alcohol motifs (C(OH)–C–C–N with tert-alkyl or cyclic N) is 1. The van der Waals surface area contributed by atoms with E-state index in [2.05, 4.69) is 0 Å². The van der Waals surface area contributed by atoms with Gasteiger partial charge in [0.05, 0.1) is 18.8 Å². The van der Waals surface area contributed by atoms with E-state index in [9.17, 15) is 9.90 Å². The molecule has 3 N–H and O–H groups in total. The van der Waals surface area contributed by atoms with E-state index in [0.717, 1.165) is 12.2 Å². The van der Waals surface area contributed by atoms with Crippen molar-refractivity contribution >= 4 is 17.5 Å². The van der Waals surface area contributed by atoms with E-state index in [1.165, 1.54) is 0 Å². The van der Waals surface area contributed by atoms with Crippen LogP contribution in [0.2, 0.25) is 5.02 Å². The van der Waals surface area contributed by atoms with Gasteiger partial charge in [0, 0.05) is 18.1 Å². The van der Waals surface area contributed by atoms with E-state index in [-0.39, 0.29) is 11.9 Å². The number of likely N-dealkylation sites (tertiary alicyclic amines) is 1. The summed E-state index contributed by atoms with van der Waals surface area (Å²) in [6.45, 7) is 1.71. The lowest BCUT2D eigenvalue weighted by Crippen LogP contribution is -2.41. The van der Waals surface area contributed by atoms with Crippen LogP contribution in [0.3, 0.4) is 0 Å². The summed E-state index contributed by atoms with van der Waals surface area (Å²) in [5.74, 6) is 0.391. The smallest absolute Gasteiger partial charge is 0.234 e. The van der Waals surface area contributed by atoms with Crippen LogP contribution in [0.1, 0.15) is 12.8 Å². The van der Waals surface area contributed by atoms with Crippen molar-refractivity contribution in [3.8, 4) is 5.75 Å². The molecule has 110 valence electrons. The fourth-order valence-electron chi connectivity index (χ4n) is 2.41. The van der Waals surface area contributed by atoms with Crippen molar-refractivity contribution in [3.05, 3.63) is 29.3 Å². The first kappa shape index (κ1) is 15.1. The van der Waals surface area contributed by atoms with Crippen molar-refractivity contribution in [2.75, 3.05) is 19.7 Å². The quantitative estimate of drug-likeness (QED) is 0.769. The fraction of sp³-hybridized carbons (Fsp3) is 0.500. The first-order chi connectivity index (χ1) is 9.56. The molecule has 5 nitrogen and oxygen atoms in total. The minimum Gasteiger partial charge on any atom is -0.494 e. The highest BCUT2D eigenvalue weighted by Crippen LogP contribution is 2.18. The molecule has 0 aliphatic carbocycles. The van der Waals surface area contributed by atoms with Gasteiger partial charge in [-0.05, 0) is 37.1 Å². The number of primary amides is 1. The number of hydrogen-bond donors (Lipinski definition) is 2. The maximum Gasteiger partial charge on any atom is 0.234 e. The van der Waals surface area contributed by atoms with E-state index < -0.39 is 6.10 Å². The van der Waals surface area contributed by atoms with Crippen molar-refractivity contribution in [2.45, 2.75) is 25.0 Å². The van der Waals surface area contributed by atoms with E-state index in [1.54, 1.807) is 12.1 Å². The van der Waals surface area contributed by atoms with Gasteiger partial charge in [0.25, 0.3) is 0 Å². The van der Waals surface area contributed by atoms with Crippen molar-refractivity contribution in [2.24, 2.45) is 5.73 Å². The maximum atomic E-state index is 11.3. The van der Waals surface area contributed by atoms with Crippen molar-refractivity contribution in [1.29, 1.82) is 0 Å². The zero-order chi connectivity index (χ0) is 14.5. The monoisotopic (exact) mass is 298 g/mol. The molecule has 2 rings (SSSR count). The molecule has 0 spiro atoms. The van der Waals surface area contributed by atoms with Crippen LogP contribution >= 0.6 is 11.6 Å². The Labute approximate surface area is 123 Å². The summed E-state index contributed by atoms with van der Waals surface area (Å²) in [4.78, 5) is 13.2. The Balaban J connectivity index is 1.72. The van der Waals surface area contributed by atoms with Gasteiger partial charge in [-0.1, -0.05) is 11.6 Å². The number of ether oxygens (including phenoxy) is 1. The van der Waals surface area contributed by atoms with Crippen molar-refractivity contribution in [3.63, 3.8) is 0 Å². The summed E-state index contributed by atoms with van der Waals surface area (Å²) in [5, 5.41) is 10.3. The standard InChI is InChI=1S/C14H19ClN2O3/c15-10-2-4-12(5-3-10)20-7-1-6-17-9-11(18)8-13(17)14(16)19/h2-5,11,13,18H,1,6-9H2,(H2,16,19)/t11-,13+/m1/s1. The second kappa shape index (κ2) is 6.92. The number of rotatable bonds is 6. The molecule has 6 heteroatoms. The van der Waals surface area contributed by atoms with Gasteiger partial charge in [-0.2, -0.15) is 0 Å². The number of aliphatic hydroxyl groups excluding tert-OH is 1. The Morgan fingerprint density at radius 3 is 2.80 bits per heavy atom. The third-order valence-corrected chi connectivity index (χ3v) is 3.63. The summed E-state index contributed by atoms with van der Waals surface area (Å²) in [5.41, 5.74) is 5.32. The van der Waals surface area contributed by atoms with Gasteiger partial charge < -0.3 is 15.6 Å². The van der Waals surface area contributed by atoms with Crippen LogP contribution in [0.4, 0.5) is 0 Å². The lowest BCUT2D eigenvalue weighted by atomic mass is 10.2. The van der Waals surface area contributed by atoms with E-state index >= 15 is 0 Å². The molecule has 20 heavy (non-hydrogen) atoms. The van der Waals surface area contributed by atoms with Gasteiger partial charge in [0.1, 0.15) is 5.75 Å². The molecule has 1 aliphatic rings. The molecule has 0 unspecified atom stereocenters. The second-order valence-electron chi connectivity index (χ2n) is 4.96. The molecule has 1 aliphatic heterocycles. The molecule has 0 radical (unpaired) electrons. The largest absolute Gasteiger partial charge is 0.494 e. The molecule has 0 bridgehead atoms. The highest BCUT2D eigenvalue weighted by atomic mass is 35.5. The third kappa shape index (κ3) is 4.10. The van der Waals surface area contributed by atoms with Crippen LogP contribution < -0.4 is 10.5 Å². The Hall–Kier alpha value is -1.30. The number of nitrogens with zero attached hydrogens (tertiary/aromatic N) is 1. The molecular formula is C14H19ClN2O3. The molecule has 0 saturated carbocycles. The van der Waals surface area contributed by atoms with Gasteiger partial charge in [-0.25, -0.2) is 0 Å². The van der Waals surface area contributed by atoms with Crippen LogP contribution in [0.5, 0.6) is 5.75 Å². The highest BCUT2D eigenvalue weighted by molar-refractivity contribution is 6.30. The Bertz CT molecular complexity index is 452. The predicted molar refractivity (Wildman–Crippen MR) is 76.7 cm³/mol. The first-order valence-corrected chi connectivity index (χ1v) is 7.04. The minimum absolute atomic E-state index is 0.361. The number of nitrogens with two attached hydrogens (primary N) is 1. The molecule has 1 heterocycles. The zero-order valence-electron chi connectivity index (χ0n) is 11.2. The maximum absolute atomic E-state index is 11.3. The summed E-state index contributed by atoms with van der Waals surface area (Å²) in [7, 11) is 0. The summed E-state index contributed by atoms with van der Waals surface area (Å²) in [6, 6.07) is 6.82. The molecule has 1 fully saturated rings. The van der Waals surface area contributed by atoms with Crippen molar-refractivity contribution < 1.29 is 14.6 Å². The molecule has 0 aromatic heterocycles. The van der Waals surface area contributed by atoms with Crippen molar-refractivity contribution in [1.82, 2.24) is 4.90 Å². The van der Waals surface area contributed by atoms with Crippen LogP contribution in [0, 0.1) is 0 Å². The van der Waals surface area contributed by atoms with E-state index in [0.29, 0.717) is 31.1 Å². The van der Waals surface area contributed by atoms with Gasteiger partial charge in [0.15, 0.2) is 0 Å². The molecule has 1 amide bonds. The van der Waals surface area contributed by atoms with Gasteiger partial charge in [-0.15, -0.1) is 0 Å². The molecule has 1 saturated heterocycles. The predicted octanol–water partition coefficient (Wildman–Crippen LogP) is 1.03. The average molecular weight is 299 g/mol. The van der Waals surface area contributed by atoms with Crippen LogP contribution in [-0.2, 0) is 4.79 Å². The summed E-state index contributed by atoms with van der Waals surface area (Å²) < 4.78 is 5.58. The molecular weight excluding hydrogens is 280 g/mol. The first-order valence-electron chi connectivity index (χ1n) is 6.66. The Morgan fingerprint density at radius 1 is 1.45 bits per heavy atom. The summed E-state index contributed by atoms with van der Waals surface area (Å²) >= 11 is 5.79.